The van der Waals surface area contributed by atoms with Gasteiger partial charge in [-0.15, -0.1) is 35.3 Å². The summed E-state index contributed by atoms with van der Waals surface area (Å²) in [5.74, 6) is 3.43. The predicted molar refractivity (Wildman–Crippen MR) is 141 cm³/mol. The van der Waals surface area contributed by atoms with E-state index < -0.39 is 0 Å². The third-order valence-corrected chi connectivity index (χ3v) is 8.46. The Labute approximate surface area is 206 Å². The van der Waals surface area contributed by atoms with Crippen molar-refractivity contribution in [2.45, 2.75) is 37.8 Å². The van der Waals surface area contributed by atoms with E-state index in [0.29, 0.717) is 6.04 Å². The molecule has 9 heteroatoms. The van der Waals surface area contributed by atoms with E-state index in [1.807, 2.05) is 11.3 Å². The van der Waals surface area contributed by atoms with Crippen LogP contribution in [-0.2, 0) is 4.74 Å². The van der Waals surface area contributed by atoms with E-state index in [-0.39, 0.29) is 29.5 Å². The summed E-state index contributed by atoms with van der Waals surface area (Å²) in [6.45, 7) is 9.97. The number of piperidine rings is 1. The predicted octanol–water partition coefficient (Wildman–Crippen LogP) is 3.10. The maximum atomic E-state index is 5.59. The minimum atomic E-state index is 0. The number of aliphatic imine (C=N–C) groups is 1. The van der Waals surface area contributed by atoms with E-state index in [0.717, 1.165) is 71.3 Å². The molecule has 6 nitrogen and oxygen atoms in total. The Morgan fingerprint density at radius 3 is 2.70 bits per heavy atom. The van der Waals surface area contributed by atoms with Gasteiger partial charge in [0, 0.05) is 44.5 Å². The molecule has 0 spiro atoms. The average molecular weight is 566 g/mol. The lowest BCUT2D eigenvalue weighted by Gasteiger charge is -2.42. The van der Waals surface area contributed by atoms with Gasteiger partial charge in [0.05, 0.1) is 30.3 Å². The molecular formula is C21H36IN5OS2. The number of hydrogen-bond donors (Lipinski definition) is 2. The van der Waals surface area contributed by atoms with Crippen LogP contribution in [-0.4, -0.2) is 86.4 Å². The van der Waals surface area contributed by atoms with E-state index in [2.05, 4.69) is 56.6 Å². The van der Waals surface area contributed by atoms with Crippen molar-refractivity contribution in [1.29, 1.82) is 0 Å². The third-order valence-electron chi connectivity index (χ3n) is 6.29. The summed E-state index contributed by atoms with van der Waals surface area (Å²) in [5.41, 5.74) is 0.208. The van der Waals surface area contributed by atoms with Gasteiger partial charge in [-0.25, -0.2) is 0 Å². The molecule has 30 heavy (non-hydrogen) atoms. The molecule has 3 saturated heterocycles. The summed E-state index contributed by atoms with van der Waals surface area (Å²) in [6.07, 6.45) is 3.55. The highest BCUT2D eigenvalue weighted by Crippen LogP contribution is 2.34. The maximum absolute atomic E-state index is 5.59. The highest BCUT2D eigenvalue weighted by atomic mass is 127. The number of halogens is 1. The number of thiophene rings is 1. The van der Waals surface area contributed by atoms with Gasteiger partial charge in [-0.05, 0) is 49.5 Å². The summed E-state index contributed by atoms with van der Waals surface area (Å²) in [5, 5.41) is 10.8. The summed E-state index contributed by atoms with van der Waals surface area (Å²) < 4.78 is 5.59. The van der Waals surface area contributed by atoms with Crippen LogP contribution in [0.3, 0.4) is 0 Å². The second-order valence-corrected chi connectivity index (χ2v) is 10.2. The number of guanidine groups is 1. The SMILES string of the molecule is CCNC(=NCC1(N2CCOCC2)CCSC1)NC1CCN(c2cccs2)CC1.I. The van der Waals surface area contributed by atoms with Crippen LogP contribution in [0.25, 0.3) is 0 Å². The van der Waals surface area contributed by atoms with Crippen molar-refractivity contribution >= 4 is 58.0 Å². The number of rotatable bonds is 6. The fourth-order valence-electron chi connectivity index (χ4n) is 4.54. The highest BCUT2D eigenvalue weighted by molar-refractivity contribution is 14.0. The largest absolute Gasteiger partial charge is 0.379 e. The third kappa shape index (κ3) is 6.17. The maximum Gasteiger partial charge on any atom is 0.191 e. The first kappa shape index (κ1) is 24.4. The number of hydrogen-bond acceptors (Lipinski definition) is 6. The van der Waals surface area contributed by atoms with E-state index in [1.54, 1.807) is 0 Å². The summed E-state index contributed by atoms with van der Waals surface area (Å²) >= 11 is 3.92. The Kier molecular flexibility index (Phi) is 9.87. The van der Waals surface area contributed by atoms with Crippen molar-refractivity contribution in [2.24, 2.45) is 4.99 Å². The van der Waals surface area contributed by atoms with Gasteiger partial charge in [-0.1, -0.05) is 0 Å². The Hall–Kier alpha value is -0.230. The molecule has 0 aromatic carbocycles. The number of nitrogens with zero attached hydrogens (tertiary/aromatic N) is 3. The zero-order valence-electron chi connectivity index (χ0n) is 18.0. The quantitative estimate of drug-likeness (QED) is 0.314. The summed E-state index contributed by atoms with van der Waals surface area (Å²) in [4.78, 5) is 10.2. The van der Waals surface area contributed by atoms with Crippen molar-refractivity contribution in [3.05, 3.63) is 17.5 Å². The first-order valence-corrected chi connectivity index (χ1v) is 13.1. The Morgan fingerprint density at radius 2 is 2.07 bits per heavy atom. The Bertz CT molecular complexity index is 640. The first-order chi connectivity index (χ1) is 14.3. The van der Waals surface area contributed by atoms with Gasteiger partial charge < -0.3 is 20.3 Å². The van der Waals surface area contributed by atoms with Gasteiger partial charge >= 0.3 is 0 Å². The number of nitrogens with one attached hydrogen (secondary N) is 2. The number of anilines is 1. The molecule has 3 fully saturated rings. The Balaban J connectivity index is 0.00000256. The van der Waals surface area contributed by atoms with Gasteiger partial charge in [0.15, 0.2) is 5.96 Å². The normalized spacial score (nSPS) is 26.4. The van der Waals surface area contributed by atoms with Crippen LogP contribution in [0.15, 0.2) is 22.5 Å². The van der Waals surface area contributed by atoms with Crippen molar-refractivity contribution in [3.63, 3.8) is 0 Å². The van der Waals surface area contributed by atoms with Crippen LogP contribution in [0.1, 0.15) is 26.2 Å². The highest BCUT2D eigenvalue weighted by Gasteiger charge is 2.40. The molecule has 0 aliphatic carbocycles. The fraction of sp³-hybridized carbons (Fsp3) is 0.762. The molecule has 0 radical (unpaired) electrons. The molecule has 2 N–H and O–H groups in total. The van der Waals surface area contributed by atoms with E-state index in [9.17, 15) is 0 Å². The minimum Gasteiger partial charge on any atom is -0.379 e. The van der Waals surface area contributed by atoms with Crippen molar-refractivity contribution < 1.29 is 4.74 Å². The van der Waals surface area contributed by atoms with Crippen LogP contribution >= 0.6 is 47.1 Å². The molecule has 0 saturated carbocycles. The van der Waals surface area contributed by atoms with E-state index in [4.69, 9.17) is 9.73 Å². The Morgan fingerprint density at radius 1 is 1.27 bits per heavy atom. The van der Waals surface area contributed by atoms with Crippen LogP contribution in [0.5, 0.6) is 0 Å². The zero-order chi connectivity index (χ0) is 19.9. The molecule has 1 atom stereocenters. The van der Waals surface area contributed by atoms with Gasteiger partial charge in [0.1, 0.15) is 0 Å². The summed E-state index contributed by atoms with van der Waals surface area (Å²) in [6, 6.07) is 4.88. The van der Waals surface area contributed by atoms with Gasteiger partial charge in [0.25, 0.3) is 0 Å². The second-order valence-electron chi connectivity index (χ2n) is 8.18. The molecule has 4 heterocycles. The van der Waals surface area contributed by atoms with E-state index >= 15 is 0 Å². The molecule has 3 aliphatic heterocycles. The van der Waals surface area contributed by atoms with Crippen molar-refractivity contribution in [2.75, 3.05) is 68.9 Å². The first-order valence-electron chi connectivity index (χ1n) is 11.0. The lowest BCUT2D eigenvalue weighted by molar-refractivity contribution is -0.0104. The molecule has 0 amide bonds. The summed E-state index contributed by atoms with van der Waals surface area (Å²) in [7, 11) is 0. The van der Waals surface area contributed by atoms with Crippen LogP contribution < -0.4 is 15.5 Å². The van der Waals surface area contributed by atoms with Gasteiger partial charge in [-0.2, -0.15) is 11.8 Å². The van der Waals surface area contributed by atoms with Crippen molar-refractivity contribution in [3.8, 4) is 0 Å². The van der Waals surface area contributed by atoms with Gasteiger partial charge in [0.2, 0.25) is 0 Å². The molecule has 0 bridgehead atoms. The van der Waals surface area contributed by atoms with Crippen LogP contribution in [0.4, 0.5) is 5.00 Å². The second kappa shape index (κ2) is 12.1. The number of thioether (sulfide) groups is 1. The lowest BCUT2D eigenvalue weighted by Crippen LogP contribution is -2.56. The average Bonchev–Trinajstić information content (AvgIpc) is 3.47. The molecule has 1 aromatic heterocycles. The molecule has 3 aliphatic rings. The topological polar surface area (TPSA) is 52.1 Å². The number of ether oxygens (including phenoxy) is 1. The fourth-order valence-corrected chi connectivity index (χ4v) is 6.79. The smallest absolute Gasteiger partial charge is 0.191 e. The van der Waals surface area contributed by atoms with Crippen LogP contribution in [0.2, 0.25) is 0 Å². The molecule has 4 rings (SSSR count). The number of morpholine rings is 1. The van der Waals surface area contributed by atoms with Gasteiger partial charge in [-0.3, -0.25) is 9.89 Å². The molecule has 1 unspecified atom stereocenters. The van der Waals surface area contributed by atoms with Crippen molar-refractivity contribution in [1.82, 2.24) is 15.5 Å². The van der Waals surface area contributed by atoms with Crippen LogP contribution in [0, 0.1) is 0 Å². The zero-order valence-corrected chi connectivity index (χ0v) is 21.9. The minimum absolute atomic E-state index is 0. The van der Waals surface area contributed by atoms with E-state index in [1.165, 1.54) is 22.9 Å². The standard InChI is InChI=1S/C21H35N5OS2.HI/c1-2-22-20(24-18-5-8-25(9-6-18)19-4-3-14-29-19)23-16-21(7-15-28-17-21)26-10-12-27-13-11-26;/h3-4,14,18H,2,5-13,15-17H2,1H3,(H2,22,23,24);1H. The monoisotopic (exact) mass is 565 g/mol. The molecule has 170 valence electrons. The lowest BCUT2D eigenvalue weighted by atomic mass is 9.96. The molecular weight excluding hydrogens is 529 g/mol. The molecule has 1 aromatic rings.